The summed E-state index contributed by atoms with van der Waals surface area (Å²) in [6.07, 6.45) is 2.17. The van der Waals surface area contributed by atoms with Crippen LogP contribution in [0.1, 0.15) is 31.7 Å². The van der Waals surface area contributed by atoms with Crippen LogP contribution in [0.25, 0.3) is 0 Å². The summed E-state index contributed by atoms with van der Waals surface area (Å²) in [6, 6.07) is -0.905. The number of carboxylic acid groups (broad SMARTS) is 1. The third-order valence-corrected chi connectivity index (χ3v) is 3.67. The molecule has 2 heterocycles. The number of carbonyl (C=O) groups excluding carboxylic acids is 1. The molecule has 1 aromatic rings. The van der Waals surface area contributed by atoms with Crippen LogP contribution in [0, 0.1) is 0 Å². The van der Waals surface area contributed by atoms with Gasteiger partial charge in [-0.05, 0) is 13.3 Å². The number of aromatic amines is 1. The summed E-state index contributed by atoms with van der Waals surface area (Å²) in [5, 5.41) is 9.29. The fraction of sp³-hybridized carbons (Fsp3) is 0.583. The van der Waals surface area contributed by atoms with Crippen LogP contribution in [0.5, 0.6) is 0 Å². The minimum atomic E-state index is -1.05. The summed E-state index contributed by atoms with van der Waals surface area (Å²) in [5.41, 5.74) is 6.36. The van der Waals surface area contributed by atoms with Gasteiger partial charge in [-0.15, -0.1) is 0 Å². The topological polar surface area (TPSA) is 112 Å². The van der Waals surface area contributed by atoms with Crippen molar-refractivity contribution in [2.45, 2.75) is 44.8 Å². The first-order valence-electron chi connectivity index (χ1n) is 6.20. The van der Waals surface area contributed by atoms with Crippen LogP contribution in [0.4, 0.5) is 0 Å². The normalized spacial score (nSPS) is 21.6. The average molecular weight is 266 g/mol. The second-order valence-corrected chi connectivity index (χ2v) is 5.09. The number of aliphatic carboxylic acids is 1. The lowest BCUT2D eigenvalue weighted by atomic mass is 9.94. The molecular formula is C12H18N4O3. The second-order valence-electron chi connectivity index (χ2n) is 5.09. The third-order valence-electron chi connectivity index (χ3n) is 3.67. The van der Waals surface area contributed by atoms with E-state index in [1.807, 2.05) is 0 Å². The van der Waals surface area contributed by atoms with Crippen molar-refractivity contribution in [1.82, 2.24) is 14.9 Å². The van der Waals surface area contributed by atoms with Gasteiger partial charge >= 0.3 is 5.97 Å². The standard InChI is InChI=1S/C12H18N4O3/c1-3-12(2,13)11(19)16-5-8-7(14-6-15-8)4-9(16)10(17)18/h6,9H,3-5,13H2,1-2H3,(H,14,15)(H,17,18). The van der Waals surface area contributed by atoms with Crippen molar-refractivity contribution in [3.05, 3.63) is 17.7 Å². The number of nitrogens with two attached hydrogens (primary N) is 1. The van der Waals surface area contributed by atoms with E-state index in [0.717, 1.165) is 5.69 Å². The quantitative estimate of drug-likeness (QED) is 0.705. The Hall–Kier alpha value is -1.89. The molecule has 2 unspecified atom stereocenters. The summed E-state index contributed by atoms with van der Waals surface area (Å²) >= 11 is 0. The van der Waals surface area contributed by atoms with E-state index in [1.54, 1.807) is 13.8 Å². The Morgan fingerprint density at radius 3 is 2.95 bits per heavy atom. The number of amides is 1. The Labute approximate surface area is 110 Å². The number of nitrogens with zero attached hydrogens (tertiary/aromatic N) is 2. The van der Waals surface area contributed by atoms with Gasteiger partial charge in [0.1, 0.15) is 6.04 Å². The van der Waals surface area contributed by atoms with E-state index in [1.165, 1.54) is 11.2 Å². The van der Waals surface area contributed by atoms with Gasteiger partial charge in [-0.25, -0.2) is 9.78 Å². The summed E-state index contributed by atoms with van der Waals surface area (Å²) in [4.78, 5) is 32.1. The Morgan fingerprint density at radius 1 is 1.68 bits per heavy atom. The summed E-state index contributed by atoms with van der Waals surface area (Å²) in [6.45, 7) is 3.63. The lowest BCUT2D eigenvalue weighted by Gasteiger charge is -2.37. The number of carbonyl (C=O) groups is 2. The van der Waals surface area contributed by atoms with E-state index in [0.29, 0.717) is 12.1 Å². The van der Waals surface area contributed by atoms with Gasteiger partial charge in [-0.2, -0.15) is 0 Å². The molecule has 104 valence electrons. The van der Waals surface area contributed by atoms with Gasteiger partial charge in [-0.3, -0.25) is 4.79 Å². The number of fused-ring (bicyclic) bond motifs is 1. The van der Waals surface area contributed by atoms with Crippen molar-refractivity contribution < 1.29 is 14.7 Å². The Bertz CT molecular complexity index is 509. The number of aromatic nitrogens is 2. The van der Waals surface area contributed by atoms with E-state index in [4.69, 9.17) is 5.73 Å². The van der Waals surface area contributed by atoms with Crippen molar-refractivity contribution in [1.29, 1.82) is 0 Å². The Morgan fingerprint density at radius 2 is 2.37 bits per heavy atom. The lowest BCUT2D eigenvalue weighted by Crippen LogP contribution is -2.58. The van der Waals surface area contributed by atoms with E-state index < -0.39 is 17.6 Å². The van der Waals surface area contributed by atoms with E-state index in [-0.39, 0.29) is 18.9 Å². The van der Waals surface area contributed by atoms with Crippen LogP contribution in [-0.4, -0.2) is 43.4 Å². The number of rotatable bonds is 3. The highest BCUT2D eigenvalue weighted by molar-refractivity contribution is 5.90. The maximum atomic E-state index is 12.4. The van der Waals surface area contributed by atoms with Crippen LogP contribution in [0.2, 0.25) is 0 Å². The summed E-state index contributed by atoms with van der Waals surface area (Å²) in [7, 11) is 0. The van der Waals surface area contributed by atoms with Crippen LogP contribution in [-0.2, 0) is 22.6 Å². The van der Waals surface area contributed by atoms with Crippen molar-refractivity contribution in [2.75, 3.05) is 0 Å². The molecule has 1 aromatic heterocycles. The van der Waals surface area contributed by atoms with Gasteiger partial charge in [-0.1, -0.05) is 6.92 Å². The molecule has 0 saturated carbocycles. The van der Waals surface area contributed by atoms with Gasteiger partial charge in [0.25, 0.3) is 0 Å². The number of hydrogen-bond donors (Lipinski definition) is 3. The van der Waals surface area contributed by atoms with Crippen molar-refractivity contribution in [2.24, 2.45) is 5.73 Å². The molecule has 0 aliphatic carbocycles. The molecule has 1 aliphatic heterocycles. The molecule has 1 amide bonds. The molecule has 2 rings (SSSR count). The molecule has 2 atom stereocenters. The van der Waals surface area contributed by atoms with Gasteiger partial charge in [0.2, 0.25) is 5.91 Å². The van der Waals surface area contributed by atoms with Crippen LogP contribution in [0.15, 0.2) is 6.33 Å². The van der Waals surface area contributed by atoms with E-state index >= 15 is 0 Å². The highest BCUT2D eigenvalue weighted by Gasteiger charge is 2.41. The SMILES string of the molecule is CCC(C)(N)C(=O)N1Cc2[nH]cnc2CC1C(=O)O. The number of H-pyrrole nitrogens is 1. The van der Waals surface area contributed by atoms with E-state index in [2.05, 4.69) is 9.97 Å². The molecule has 0 saturated heterocycles. The molecule has 7 nitrogen and oxygen atoms in total. The van der Waals surface area contributed by atoms with Crippen LogP contribution < -0.4 is 5.73 Å². The first-order chi connectivity index (χ1) is 8.86. The summed E-state index contributed by atoms with van der Waals surface area (Å²) in [5.74, 6) is -1.38. The minimum Gasteiger partial charge on any atom is -0.480 e. The molecule has 0 fully saturated rings. The maximum absolute atomic E-state index is 12.4. The fourth-order valence-corrected chi connectivity index (χ4v) is 2.15. The maximum Gasteiger partial charge on any atom is 0.326 e. The first kappa shape index (κ1) is 13.5. The zero-order valence-electron chi connectivity index (χ0n) is 11.0. The largest absolute Gasteiger partial charge is 0.480 e. The molecule has 7 heteroatoms. The molecular weight excluding hydrogens is 248 g/mol. The predicted octanol–water partition coefficient (Wildman–Crippen LogP) is -0.125. The molecule has 0 aromatic carbocycles. The van der Waals surface area contributed by atoms with Crippen LogP contribution in [0.3, 0.4) is 0 Å². The molecule has 0 spiro atoms. The molecule has 1 aliphatic rings. The highest BCUT2D eigenvalue weighted by atomic mass is 16.4. The highest BCUT2D eigenvalue weighted by Crippen LogP contribution is 2.24. The van der Waals surface area contributed by atoms with E-state index in [9.17, 15) is 14.7 Å². The fourth-order valence-electron chi connectivity index (χ4n) is 2.15. The molecule has 19 heavy (non-hydrogen) atoms. The first-order valence-corrected chi connectivity index (χ1v) is 6.20. The average Bonchev–Trinajstić information content (AvgIpc) is 2.83. The minimum absolute atomic E-state index is 0.206. The van der Waals surface area contributed by atoms with Crippen molar-refractivity contribution in [3.63, 3.8) is 0 Å². The zero-order chi connectivity index (χ0) is 14.2. The van der Waals surface area contributed by atoms with Gasteiger partial charge in [0, 0.05) is 6.42 Å². The number of imidazole rings is 1. The Kier molecular flexibility index (Phi) is 3.32. The van der Waals surface area contributed by atoms with Crippen LogP contribution >= 0.6 is 0 Å². The van der Waals surface area contributed by atoms with Crippen molar-refractivity contribution >= 4 is 11.9 Å². The second kappa shape index (κ2) is 4.65. The molecule has 4 N–H and O–H groups in total. The molecule has 0 radical (unpaired) electrons. The number of hydrogen-bond acceptors (Lipinski definition) is 4. The number of nitrogens with one attached hydrogen (secondary N) is 1. The Balaban J connectivity index is 2.33. The number of carboxylic acids is 1. The smallest absolute Gasteiger partial charge is 0.326 e. The predicted molar refractivity (Wildman–Crippen MR) is 67.1 cm³/mol. The third kappa shape index (κ3) is 2.33. The van der Waals surface area contributed by atoms with Crippen molar-refractivity contribution in [3.8, 4) is 0 Å². The van der Waals surface area contributed by atoms with Gasteiger partial charge < -0.3 is 20.7 Å². The van der Waals surface area contributed by atoms with Gasteiger partial charge in [0.15, 0.2) is 0 Å². The zero-order valence-corrected chi connectivity index (χ0v) is 11.0. The lowest BCUT2D eigenvalue weighted by molar-refractivity contribution is -0.153. The monoisotopic (exact) mass is 266 g/mol. The van der Waals surface area contributed by atoms with Gasteiger partial charge in [0.05, 0.1) is 29.8 Å². The summed E-state index contributed by atoms with van der Waals surface area (Å²) < 4.78 is 0. The molecule has 0 bridgehead atoms.